The number of rotatable bonds is 8. The van der Waals surface area contributed by atoms with E-state index in [0.29, 0.717) is 18.7 Å². The Hall–Kier alpha value is -2.09. The molecule has 1 fully saturated rings. The molecule has 0 aliphatic carbocycles. The number of carbonyl (C=O) groups is 2. The van der Waals surface area contributed by atoms with Crippen LogP contribution < -0.4 is 4.74 Å². The van der Waals surface area contributed by atoms with Gasteiger partial charge < -0.3 is 14.4 Å². The van der Waals surface area contributed by atoms with Crippen molar-refractivity contribution in [2.24, 2.45) is 5.92 Å². The maximum atomic E-state index is 12.6. The van der Waals surface area contributed by atoms with Crippen LogP contribution in [0.3, 0.4) is 0 Å². The Morgan fingerprint density at radius 2 is 1.77 bits per heavy atom. The van der Waals surface area contributed by atoms with Gasteiger partial charge >= 0.3 is 5.97 Å². The molecule has 1 aromatic carbocycles. The van der Waals surface area contributed by atoms with Gasteiger partial charge in [-0.15, -0.1) is 0 Å². The summed E-state index contributed by atoms with van der Waals surface area (Å²) in [6.45, 7) is 9.94. The van der Waals surface area contributed by atoms with Crippen LogP contribution in [-0.2, 0) is 29.6 Å². The van der Waals surface area contributed by atoms with Crippen LogP contribution in [-0.4, -0.2) is 62.5 Å². The number of carbonyl (C=O) groups excluding carboxylic acids is 2. The summed E-state index contributed by atoms with van der Waals surface area (Å²) in [5.41, 5.74) is 1.18. The molecular formula is C22H33NO6S. The van der Waals surface area contributed by atoms with E-state index in [2.05, 4.69) is 20.8 Å². The lowest BCUT2D eigenvalue weighted by atomic mass is 9.87. The van der Waals surface area contributed by atoms with Crippen LogP contribution in [0.2, 0.25) is 0 Å². The zero-order valence-electron chi connectivity index (χ0n) is 18.5. The molecule has 30 heavy (non-hydrogen) atoms. The number of hydrogen-bond acceptors (Lipinski definition) is 6. The first-order valence-corrected chi connectivity index (χ1v) is 12.1. The molecule has 1 aliphatic heterocycles. The first-order chi connectivity index (χ1) is 13.9. The van der Waals surface area contributed by atoms with Crippen molar-refractivity contribution < 1.29 is 27.5 Å². The fraction of sp³-hybridized carbons (Fsp3) is 0.636. The van der Waals surface area contributed by atoms with Crippen molar-refractivity contribution in [3.63, 3.8) is 0 Å². The molecule has 1 aliphatic rings. The second kappa shape index (κ2) is 9.81. The third kappa shape index (κ3) is 7.31. The molecule has 8 heteroatoms. The van der Waals surface area contributed by atoms with Crippen molar-refractivity contribution >= 4 is 21.7 Å². The van der Waals surface area contributed by atoms with Crippen LogP contribution in [0.5, 0.6) is 5.75 Å². The zero-order valence-corrected chi connectivity index (χ0v) is 19.3. The maximum absolute atomic E-state index is 12.6. The Bertz CT molecular complexity index is 839. The van der Waals surface area contributed by atoms with Gasteiger partial charge in [0.1, 0.15) is 5.75 Å². The molecule has 0 radical (unpaired) electrons. The Morgan fingerprint density at radius 1 is 1.13 bits per heavy atom. The van der Waals surface area contributed by atoms with E-state index in [1.165, 1.54) is 4.90 Å². The molecule has 1 amide bonds. The summed E-state index contributed by atoms with van der Waals surface area (Å²) in [7, 11) is -3.11. The lowest BCUT2D eigenvalue weighted by Gasteiger charge is -2.29. The average Bonchev–Trinajstić information content (AvgIpc) is 3.01. The SMILES string of the molecule is CC(C)CN(C(=O)COC(=O)COc1ccc(C(C)(C)C)cc1)C1CCS(=O)(=O)C1. The van der Waals surface area contributed by atoms with Crippen molar-refractivity contribution in [3.05, 3.63) is 29.8 Å². The normalized spacial score (nSPS) is 18.3. The van der Waals surface area contributed by atoms with E-state index in [1.54, 1.807) is 12.1 Å². The minimum Gasteiger partial charge on any atom is -0.482 e. The van der Waals surface area contributed by atoms with Gasteiger partial charge in [-0.25, -0.2) is 13.2 Å². The van der Waals surface area contributed by atoms with Crippen LogP contribution in [0.25, 0.3) is 0 Å². The maximum Gasteiger partial charge on any atom is 0.344 e. The lowest BCUT2D eigenvalue weighted by Crippen LogP contribution is -2.45. The fourth-order valence-electron chi connectivity index (χ4n) is 3.33. The number of nitrogens with zero attached hydrogens (tertiary/aromatic N) is 1. The quantitative estimate of drug-likeness (QED) is 0.579. The van der Waals surface area contributed by atoms with Crippen molar-refractivity contribution in [1.29, 1.82) is 0 Å². The van der Waals surface area contributed by atoms with Gasteiger partial charge in [-0.2, -0.15) is 0 Å². The van der Waals surface area contributed by atoms with Crippen molar-refractivity contribution in [1.82, 2.24) is 4.90 Å². The largest absolute Gasteiger partial charge is 0.482 e. The van der Waals surface area contributed by atoms with Gasteiger partial charge in [0.25, 0.3) is 5.91 Å². The molecular weight excluding hydrogens is 406 g/mol. The van der Waals surface area contributed by atoms with Gasteiger partial charge in [0, 0.05) is 12.6 Å². The van der Waals surface area contributed by atoms with E-state index in [9.17, 15) is 18.0 Å². The minimum atomic E-state index is -3.11. The average molecular weight is 440 g/mol. The standard InChI is InChI=1S/C22H33NO6S/c1-16(2)12-23(18-10-11-30(26,27)15-18)20(24)13-29-21(25)14-28-19-8-6-17(7-9-19)22(3,4)5/h6-9,16,18H,10-15H2,1-5H3. The van der Waals surface area contributed by atoms with Gasteiger partial charge in [-0.1, -0.05) is 46.8 Å². The molecule has 0 bridgehead atoms. The molecule has 1 unspecified atom stereocenters. The summed E-state index contributed by atoms with van der Waals surface area (Å²) in [5, 5.41) is 0. The molecule has 0 spiro atoms. The van der Waals surface area contributed by atoms with Gasteiger partial charge in [0.2, 0.25) is 0 Å². The third-order valence-corrected chi connectivity index (χ3v) is 6.72. The smallest absolute Gasteiger partial charge is 0.344 e. The Morgan fingerprint density at radius 3 is 2.27 bits per heavy atom. The molecule has 1 heterocycles. The first-order valence-electron chi connectivity index (χ1n) is 10.3. The number of sulfone groups is 1. The zero-order chi connectivity index (χ0) is 22.5. The van der Waals surface area contributed by atoms with Gasteiger partial charge in [0.05, 0.1) is 11.5 Å². The monoisotopic (exact) mass is 439 g/mol. The molecule has 0 saturated carbocycles. The van der Waals surface area contributed by atoms with Crippen molar-refractivity contribution in [2.45, 2.75) is 52.5 Å². The number of esters is 1. The molecule has 7 nitrogen and oxygen atoms in total. The van der Waals surface area contributed by atoms with E-state index in [1.807, 2.05) is 26.0 Å². The van der Waals surface area contributed by atoms with E-state index in [0.717, 1.165) is 5.56 Å². The van der Waals surface area contributed by atoms with Gasteiger partial charge in [0.15, 0.2) is 23.1 Å². The molecule has 0 aromatic heterocycles. The molecule has 1 atom stereocenters. The predicted octanol–water partition coefficient (Wildman–Crippen LogP) is 2.58. The highest BCUT2D eigenvalue weighted by molar-refractivity contribution is 7.91. The van der Waals surface area contributed by atoms with Gasteiger partial charge in [-0.05, 0) is 35.4 Å². The first kappa shape index (κ1) is 24.2. The molecule has 168 valence electrons. The Balaban J connectivity index is 1.85. The Kier molecular flexibility index (Phi) is 7.91. The molecule has 0 N–H and O–H groups in total. The van der Waals surface area contributed by atoms with E-state index < -0.39 is 22.4 Å². The van der Waals surface area contributed by atoms with Crippen LogP contribution in [0.15, 0.2) is 24.3 Å². The van der Waals surface area contributed by atoms with Crippen molar-refractivity contribution in [2.75, 3.05) is 31.3 Å². The summed E-state index contributed by atoms with van der Waals surface area (Å²) in [6, 6.07) is 7.13. The lowest BCUT2D eigenvalue weighted by molar-refractivity contribution is -0.154. The van der Waals surface area contributed by atoms with Crippen LogP contribution >= 0.6 is 0 Å². The second-order valence-corrected chi connectivity index (χ2v) is 11.4. The highest BCUT2D eigenvalue weighted by atomic mass is 32.2. The summed E-state index contributed by atoms with van der Waals surface area (Å²) in [6.07, 6.45) is 0.419. The van der Waals surface area contributed by atoms with Crippen molar-refractivity contribution in [3.8, 4) is 5.75 Å². The van der Waals surface area contributed by atoms with E-state index >= 15 is 0 Å². The second-order valence-electron chi connectivity index (χ2n) is 9.22. The highest BCUT2D eigenvalue weighted by Gasteiger charge is 2.35. The topological polar surface area (TPSA) is 90.0 Å². The van der Waals surface area contributed by atoms with E-state index in [-0.39, 0.29) is 41.4 Å². The number of hydrogen-bond donors (Lipinski definition) is 0. The van der Waals surface area contributed by atoms with Gasteiger partial charge in [-0.3, -0.25) is 4.79 Å². The number of amides is 1. The number of ether oxygens (including phenoxy) is 2. The van der Waals surface area contributed by atoms with Crippen LogP contribution in [0, 0.1) is 5.92 Å². The number of benzene rings is 1. The minimum absolute atomic E-state index is 0.0261. The summed E-state index contributed by atoms with van der Waals surface area (Å²) >= 11 is 0. The molecule has 2 rings (SSSR count). The van der Waals surface area contributed by atoms with E-state index in [4.69, 9.17) is 9.47 Å². The molecule has 1 aromatic rings. The van der Waals surface area contributed by atoms with Crippen LogP contribution in [0.1, 0.15) is 46.6 Å². The molecule has 1 saturated heterocycles. The summed E-state index contributed by atoms with van der Waals surface area (Å²) in [5.74, 6) is -0.259. The predicted molar refractivity (Wildman–Crippen MR) is 115 cm³/mol. The van der Waals surface area contributed by atoms with Crippen LogP contribution in [0.4, 0.5) is 0 Å². The fourth-order valence-corrected chi connectivity index (χ4v) is 5.06. The summed E-state index contributed by atoms with van der Waals surface area (Å²) < 4.78 is 34.1. The third-order valence-electron chi connectivity index (χ3n) is 4.97. The Labute approximate surface area is 179 Å². The summed E-state index contributed by atoms with van der Waals surface area (Å²) in [4.78, 5) is 26.1. The highest BCUT2D eigenvalue weighted by Crippen LogP contribution is 2.24.